The van der Waals surface area contributed by atoms with Crippen molar-refractivity contribution in [1.29, 1.82) is 10.5 Å². The third-order valence-corrected chi connectivity index (χ3v) is 14.5. The minimum absolute atomic E-state index is 0.610. The van der Waals surface area contributed by atoms with Crippen LogP contribution in [0.15, 0.2) is 255 Å². The van der Waals surface area contributed by atoms with Crippen molar-refractivity contribution in [1.82, 2.24) is 0 Å². The van der Waals surface area contributed by atoms with E-state index in [0.717, 1.165) is 61.8 Å². The van der Waals surface area contributed by atoms with Gasteiger partial charge in [0, 0.05) is 33.6 Å². The minimum atomic E-state index is -0.708. The standard InChI is InChI=1S/C67H42N4/c68-43-45-30-34-49(35-31-45)70(63-28-13-9-20-52(63)47-16-3-1-4-17-47)51-38-39-56-57-40-41-65(71(50-36-32-46(44-69)33-37-50)64-29-14-10-21-53(64)48-18-5-2-6-19-48)58-24-15-27-61(66(57)58)67(62(56)42-51)59-25-11-7-22-54(59)55-23-8-12-26-60(55)67/h1-42H. The van der Waals surface area contributed by atoms with Crippen molar-refractivity contribution in [3.8, 4) is 56.6 Å². The van der Waals surface area contributed by atoms with Gasteiger partial charge in [-0.1, -0.05) is 176 Å². The molecule has 11 aromatic carbocycles. The van der Waals surface area contributed by atoms with E-state index in [1.54, 1.807) is 0 Å². The fraction of sp³-hybridized carbons (Fsp3) is 0.0149. The highest BCUT2D eigenvalue weighted by Gasteiger charge is 2.50. The number of nitrogens with zero attached hydrogens (tertiary/aromatic N) is 4. The van der Waals surface area contributed by atoms with Crippen LogP contribution in [-0.4, -0.2) is 0 Å². The zero-order valence-electron chi connectivity index (χ0n) is 38.5. The predicted octanol–water partition coefficient (Wildman–Crippen LogP) is 17.2. The maximum Gasteiger partial charge on any atom is 0.0991 e. The van der Waals surface area contributed by atoms with E-state index in [4.69, 9.17) is 0 Å². The Labute approximate surface area is 413 Å². The highest BCUT2D eigenvalue weighted by atomic mass is 15.2. The van der Waals surface area contributed by atoms with Gasteiger partial charge in [-0.15, -0.1) is 0 Å². The third kappa shape index (κ3) is 6.44. The maximum absolute atomic E-state index is 9.92. The SMILES string of the molecule is N#Cc1ccc(N(c2ccc3c(c2)C2(c4ccccc4-c4ccccc42)c2cccc4c(N(c5ccc(C#N)cc5)c5ccccc5-c5ccccc5)ccc-3c24)c2ccccc2-c2ccccc2)cc1. The number of nitriles is 2. The molecular weight excluding hydrogens is 861 g/mol. The van der Waals surface area contributed by atoms with Crippen molar-refractivity contribution in [2.24, 2.45) is 0 Å². The fourth-order valence-corrected chi connectivity index (χ4v) is 11.6. The summed E-state index contributed by atoms with van der Waals surface area (Å²) in [4.78, 5) is 4.72. The minimum Gasteiger partial charge on any atom is -0.310 e. The molecular formula is C67H42N4. The number of hydrogen-bond donors (Lipinski definition) is 0. The molecule has 0 N–H and O–H groups in total. The van der Waals surface area contributed by atoms with Crippen molar-refractivity contribution >= 4 is 44.9 Å². The normalized spacial score (nSPS) is 12.3. The summed E-state index contributed by atoms with van der Waals surface area (Å²) >= 11 is 0. The Morgan fingerprint density at radius 1 is 0.296 bits per heavy atom. The molecule has 13 rings (SSSR count). The monoisotopic (exact) mass is 902 g/mol. The van der Waals surface area contributed by atoms with Crippen molar-refractivity contribution < 1.29 is 0 Å². The zero-order valence-corrected chi connectivity index (χ0v) is 38.5. The molecule has 0 radical (unpaired) electrons. The first-order valence-electron chi connectivity index (χ1n) is 24.0. The lowest BCUT2D eigenvalue weighted by molar-refractivity contribution is 0.773. The third-order valence-electron chi connectivity index (χ3n) is 14.5. The maximum atomic E-state index is 9.92. The van der Waals surface area contributed by atoms with Crippen LogP contribution in [0.3, 0.4) is 0 Å². The number of fused-ring (bicyclic) bond motifs is 9. The Balaban J connectivity index is 1.11. The smallest absolute Gasteiger partial charge is 0.0991 e. The van der Waals surface area contributed by atoms with Crippen molar-refractivity contribution in [2.75, 3.05) is 9.80 Å². The summed E-state index contributed by atoms with van der Waals surface area (Å²) in [6, 6.07) is 95.4. The lowest BCUT2D eigenvalue weighted by Crippen LogP contribution is -2.32. The summed E-state index contributed by atoms with van der Waals surface area (Å²) in [6.45, 7) is 0. The van der Waals surface area contributed by atoms with Crippen LogP contribution in [0.5, 0.6) is 0 Å². The first kappa shape index (κ1) is 41.4. The van der Waals surface area contributed by atoms with E-state index in [1.165, 1.54) is 49.9 Å². The average molecular weight is 903 g/mol. The summed E-state index contributed by atoms with van der Waals surface area (Å²) in [5.74, 6) is 0. The Kier molecular flexibility index (Phi) is 9.80. The second kappa shape index (κ2) is 16.8. The Morgan fingerprint density at radius 2 is 0.732 bits per heavy atom. The lowest BCUT2D eigenvalue weighted by atomic mass is 9.61. The zero-order chi connectivity index (χ0) is 47.5. The van der Waals surface area contributed by atoms with E-state index >= 15 is 0 Å². The van der Waals surface area contributed by atoms with Gasteiger partial charge in [-0.2, -0.15) is 10.5 Å². The molecule has 2 aliphatic rings. The Bertz CT molecular complexity index is 3910. The summed E-state index contributed by atoms with van der Waals surface area (Å²) < 4.78 is 0. The van der Waals surface area contributed by atoms with Gasteiger partial charge in [-0.05, 0) is 140 Å². The molecule has 0 atom stereocenters. The van der Waals surface area contributed by atoms with Crippen molar-refractivity contribution in [3.63, 3.8) is 0 Å². The number of rotatable bonds is 8. The molecule has 0 bridgehead atoms. The molecule has 1 spiro atoms. The van der Waals surface area contributed by atoms with E-state index in [1.807, 2.05) is 24.3 Å². The molecule has 0 fully saturated rings. The summed E-state index contributed by atoms with van der Waals surface area (Å²) in [5, 5.41) is 22.2. The molecule has 0 amide bonds. The van der Waals surface area contributed by atoms with E-state index in [0.29, 0.717) is 11.1 Å². The lowest BCUT2D eigenvalue weighted by Gasteiger charge is -2.41. The molecule has 0 aromatic heterocycles. The van der Waals surface area contributed by atoms with E-state index in [-0.39, 0.29) is 0 Å². The van der Waals surface area contributed by atoms with Gasteiger partial charge in [-0.25, -0.2) is 0 Å². The van der Waals surface area contributed by atoms with Crippen molar-refractivity contribution in [3.05, 3.63) is 288 Å². The van der Waals surface area contributed by atoms with E-state index < -0.39 is 5.41 Å². The summed E-state index contributed by atoms with van der Waals surface area (Å²) in [6.07, 6.45) is 0. The average Bonchev–Trinajstić information content (AvgIpc) is 3.75. The van der Waals surface area contributed by atoms with Crippen LogP contribution < -0.4 is 9.80 Å². The second-order valence-corrected chi connectivity index (χ2v) is 18.2. The second-order valence-electron chi connectivity index (χ2n) is 18.2. The molecule has 330 valence electrons. The van der Waals surface area contributed by atoms with Crippen LogP contribution in [0.1, 0.15) is 33.4 Å². The molecule has 4 heteroatoms. The first-order chi connectivity index (χ1) is 35.1. The number of benzene rings is 11. The largest absolute Gasteiger partial charge is 0.310 e. The van der Waals surface area contributed by atoms with Gasteiger partial charge in [0.25, 0.3) is 0 Å². The fourth-order valence-electron chi connectivity index (χ4n) is 11.6. The van der Waals surface area contributed by atoms with Crippen LogP contribution in [0.25, 0.3) is 55.3 Å². The molecule has 71 heavy (non-hydrogen) atoms. The van der Waals surface area contributed by atoms with Crippen LogP contribution in [0, 0.1) is 22.7 Å². The molecule has 0 heterocycles. The highest BCUT2D eigenvalue weighted by molar-refractivity contribution is 6.13. The van der Waals surface area contributed by atoms with Gasteiger partial charge in [0.05, 0.1) is 45.7 Å². The molecule has 0 saturated heterocycles. The van der Waals surface area contributed by atoms with Crippen LogP contribution in [-0.2, 0) is 5.41 Å². The molecule has 0 aliphatic heterocycles. The molecule has 4 nitrogen and oxygen atoms in total. The molecule has 2 aliphatic carbocycles. The quantitative estimate of drug-likeness (QED) is 0.152. The van der Waals surface area contributed by atoms with Crippen LogP contribution >= 0.6 is 0 Å². The molecule has 11 aromatic rings. The topological polar surface area (TPSA) is 54.1 Å². The van der Waals surface area contributed by atoms with Gasteiger partial charge in [0.2, 0.25) is 0 Å². The van der Waals surface area contributed by atoms with E-state index in [2.05, 4.69) is 252 Å². The van der Waals surface area contributed by atoms with Gasteiger partial charge < -0.3 is 9.80 Å². The molecule has 0 unspecified atom stereocenters. The van der Waals surface area contributed by atoms with Crippen molar-refractivity contribution in [2.45, 2.75) is 5.41 Å². The van der Waals surface area contributed by atoms with E-state index in [9.17, 15) is 10.5 Å². The predicted molar refractivity (Wildman–Crippen MR) is 290 cm³/mol. The first-order valence-corrected chi connectivity index (χ1v) is 24.0. The number of anilines is 6. The van der Waals surface area contributed by atoms with Crippen LogP contribution in [0.2, 0.25) is 0 Å². The number of para-hydroxylation sites is 2. The highest BCUT2D eigenvalue weighted by Crippen LogP contribution is 2.63. The van der Waals surface area contributed by atoms with Gasteiger partial charge >= 0.3 is 0 Å². The van der Waals surface area contributed by atoms with Gasteiger partial charge in [-0.3, -0.25) is 0 Å². The van der Waals surface area contributed by atoms with Crippen LogP contribution in [0.4, 0.5) is 34.1 Å². The number of hydrogen-bond acceptors (Lipinski definition) is 4. The van der Waals surface area contributed by atoms with Gasteiger partial charge in [0.15, 0.2) is 0 Å². The summed E-state index contributed by atoms with van der Waals surface area (Å²) in [5.41, 5.74) is 20.7. The Morgan fingerprint density at radius 3 is 1.30 bits per heavy atom. The molecule has 0 saturated carbocycles. The van der Waals surface area contributed by atoms with Gasteiger partial charge in [0.1, 0.15) is 0 Å². The summed E-state index contributed by atoms with van der Waals surface area (Å²) in [7, 11) is 0. The Hall–Kier alpha value is -9.74.